The van der Waals surface area contributed by atoms with Crippen LogP contribution in [0, 0.1) is 0 Å². The summed E-state index contributed by atoms with van der Waals surface area (Å²) in [6, 6.07) is 13.2. The highest BCUT2D eigenvalue weighted by atomic mass is 32.2. The summed E-state index contributed by atoms with van der Waals surface area (Å²) in [5.74, 6) is -0.602. The van der Waals surface area contributed by atoms with Gasteiger partial charge in [-0.1, -0.05) is 18.2 Å². The maximum atomic E-state index is 13.2. The number of ether oxygens (including phenoxy) is 1. The molecule has 0 spiro atoms. The first kappa shape index (κ1) is 25.0. The average Bonchev–Trinajstić information content (AvgIpc) is 3.27. The van der Waals surface area contributed by atoms with Gasteiger partial charge in [0.2, 0.25) is 15.9 Å². The van der Waals surface area contributed by atoms with Crippen molar-refractivity contribution in [3.63, 3.8) is 0 Å². The van der Waals surface area contributed by atoms with Crippen LogP contribution in [0.25, 0.3) is 11.3 Å². The molecule has 1 saturated heterocycles. The Hall–Kier alpha value is -3.12. The van der Waals surface area contributed by atoms with E-state index in [0.717, 1.165) is 5.56 Å². The number of sulfonamides is 1. The van der Waals surface area contributed by atoms with Crippen LogP contribution in [0.1, 0.15) is 31.1 Å². The molecule has 11 heteroatoms. The molecule has 0 radical (unpaired) electrons. The van der Waals surface area contributed by atoms with Crippen LogP contribution >= 0.6 is 11.3 Å². The van der Waals surface area contributed by atoms with Crippen LogP contribution in [-0.2, 0) is 19.6 Å². The molecule has 2 heterocycles. The van der Waals surface area contributed by atoms with Gasteiger partial charge in [-0.3, -0.25) is 14.9 Å². The molecule has 1 aliphatic rings. The highest BCUT2D eigenvalue weighted by Gasteiger charge is 2.32. The molecule has 0 bridgehead atoms. The van der Waals surface area contributed by atoms with Crippen LogP contribution in [0.15, 0.2) is 58.8 Å². The second-order valence-electron chi connectivity index (χ2n) is 8.36. The summed E-state index contributed by atoms with van der Waals surface area (Å²) >= 11 is 1.26. The second kappa shape index (κ2) is 10.2. The molecule has 35 heavy (non-hydrogen) atoms. The molecule has 1 aromatic heterocycles. The topological polar surface area (TPSA) is 118 Å². The van der Waals surface area contributed by atoms with Gasteiger partial charge in [-0.2, -0.15) is 4.31 Å². The molecule has 1 fully saturated rings. The second-order valence-corrected chi connectivity index (χ2v) is 11.2. The Morgan fingerprint density at radius 2 is 1.74 bits per heavy atom. The van der Waals surface area contributed by atoms with Crippen LogP contribution in [0.5, 0.6) is 0 Å². The van der Waals surface area contributed by atoms with Gasteiger partial charge in [0, 0.05) is 42.2 Å². The molecule has 0 unspecified atom stereocenters. The van der Waals surface area contributed by atoms with E-state index in [1.54, 1.807) is 24.3 Å². The quantitative estimate of drug-likeness (QED) is 0.516. The molecular weight excluding hydrogens is 488 g/mol. The van der Waals surface area contributed by atoms with Crippen molar-refractivity contribution >= 4 is 44.0 Å². The lowest BCUT2D eigenvalue weighted by molar-refractivity contribution is -0.114. The number of rotatable bonds is 6. The van der Waals surface area contributed by atoms with Crippen LogP contribution in [-0.4, -0.2) is 54.8 Å². The minimum Gasteiger partial charge on any atom is -0.373 e. The van der Waals surface area contributed by atoms with Crippen molar-refractivity contribution in [3.05, 3.63) is 59.5 Å². The minimum atomic E-state index is -3.77. The Morgan fingerprint density at radius 3 is 2.40 bits per heavy atom. The Kier molecular flexibility index (Phi) is 7.31. The summed E-state index contributed by atoms with van der Waals surface area (Å²) in [5.41, 5.74) is 2.40. The van der Waals surface area contributed by atoms with Crippen molar-refractivity contribution in [3.8, 4) is 11.3 Å². The van der Waals surface area contributed by atoms with Crippen molar-refractivity contribution in [1.29, 1.82) is 0 Å². The number of benzene rings is 2. The third-order valence-electron chi connectivity index (χ3n) is 5.35. The van der Waals surface area contributed by atoms with E-state index in [4.69, 9.17) is 4.74 Å². The molecule has 9 nitrogen and oxygen atoms in total. The predicted molar refractivity (Wildman–Crippen MR) is 135 cm³/mol. The van der Waals surface area contributed by atoms with Gasteiger partial charge < -0.3 is 10.1 Å². The summed E-state index contributed by atoms with van der Waals surface area (Å²) in [6.07, 6.45) is -0.415. The number of nitrogens with zero attached hydrogens (tertiary/aromatic N) is 2. The van der Waals surface area contributed by atoms with E-state index < -0.39 is 15.9 Å². The van der Waals surface area contributed by atoms with Gasteiger partial charge in [-0.15, -0.1) is 11.3 Å². The smallest absolute Gasteiger partial charge is 0.257 e. The van der Waals surface area contributed by atoms with Crippen molar-refractivity contribution in [2.24, 2.45) is 0 Å². The first-order valence-corrected chi connectivity index (χ1v) is 13.3. The van der Waals surface area contributed by atoms with Crippen LogP contribution in [0.4, 0.5) is 10.8 Å². The molecule has 2 N–H and O–H groups in total. The van der Waals surface area contributed by atoms with E-state index in [1.807, 2.05) is 31.4 Å². The van der Waals surface area contributed by atoms with Gasteiger partial charge in [0.25, 0.3) is 5.91 Å². The van der Waals surface area contributed by atoms with E-state index in [1.165, 1.54) is 34.7 Å². The van der Waals surface area contributed by atoms with Gasteiger partial charge in [0.05, 0.1) is 22.8 Å². The van der Waals surface area contributed by atoms with E-state index in [2.05, 4.69) is 15.6 Å². The summed E-state index contributed by atoms with van der Waals surface area (Å²) in [6.45, 7) is 5.63. The van der Waals surface area contributed by atoms with Crippen LogP contribution in [0.2, 0.25) is 0 Å². The molecule has 2 amide bonds. The van der Waals surface area contributed by atoms with E-state index in [-0.39, 0.29) is 41.7 Å². The molecule has 4 rings (SSSR count). The van der Waals surface area contributed by atoms with Gasteiger partial charge in [0.15, 0.2) is 5.13 Å². The third-order valence-corrected chi connectivity index (χ3v) is 7.93. The largest absolute Gasteiger partial charge is 0.373 e. The van der Waals surface area contributed by atoms with Gasteiger partial charge in [0.1, 0.15) is 0 Å². The Morgan fingerprint density at radius 1 is 1.06 bits per heavy atom. The normalized spacial score (nSPS) is 18.7. The summed E-state index contributed by atoms with van der Waals surface area (Å²) < 4.78 is 33.4. The lowest BCUT2D eigenvalue weighted by Crippen LogP contribution is -2.48. The monoisotopic (exact) mass is 514 g/mol. The molecule has 3 aromatic rings. The molecule has 184 valence electrons. The number of hydrogen-bond acceptors (Lipinski definition) is 7. The fourth-order valence-electron chi connectivity index (χ4n) is 3.83. The van der Waals surface area contributed by atoms with Crippen molar-refractivity contribution in [2.75, 3.05) is 23.7 Å². The Balaban J connectivity index is 1.47. The van der Waals surface area contributed by atoms with E-state index >= 15 is 0 Å². The molecule has 0 aliphatic carbocycles. The predicted octanol–water partition coefficient (Wildman–Crippen LogP) is 3.82. The van der Waals surface area contributed by atoms with Gasteiger partial charge in [-0.25, -0.2) is 13.4 Å². The number of carbonyl (C=O) groups is 2. The summed E-state index contributed by atoms with van der Waals surface area (Å²) in [5, 5.41) is 7.65. The molecule has 1 aliphatic heterocycles. The fourth-order valence-corrected chi connectivity index (χ4v) is 6.19. The number of aromatic nitrogens is 1. The third kappa shape index (κ3) is 5.93. The first-order chi connectivity index (χ1) is 16.6. The molecule has 2 atom stereocenters. The number of anilines is 2. The molecular formula is C24H26N4O5S2. The van der Waals surface area contributed by atoms with Crippen molar-refractivity contribution in [2.45, 2.75) is 37.9 Å². The van der Waals surface area contributed by atoms with Crippen LogP contribution < -0.4 is 10.6 Å². The Bertz CT molecular complexity index is 1330. The van der Waals surface area contributed by atoms with Gasteiger partial charge >= 0.3 is 0 Å². The van der Waals surface area contributed by atoms with Crippen LogP contribution in [0.3, 0.4) is 0 Å². The Labute approximate surface area is 208 Å². The fraction of sp³-hybridized carbons (Fsp3) is 0.292. The minimum absolute atomic E-state index is 0.0607. The number of amides is 2. The number of carbonyl (C=O) groups excluding carboxylic acids is 2. The summed E-state index contributed by atoms with van der Waals surface area (Å²) in [7, 11) is -3.77. The zero-order chi connectivity index (χ0) is 25.2. The average molecular weight is 515 g/mol. The molecule has 2 aromatic carbocycles. The SMILES string of the molecule is CC(=O)Nc1ccc(-c2csc(NC(=O)c3cccc(S(=O)(=O)N4C[C@@H](C)O[C@@H](C)C4)c3)n2)cc1. The highest BCUT2D eigenvalue weighted by Crippen LogP contribution is 2.27. The zero-order valence-corrected chi connectivity index (χ0v) is 21.2. The molecule has 0 saturated carbocycles. The lowest BCUT2D eigenvalue weighted by atomic mass is 10.1. The zero-order valence-electron chi connectivity index (χ0n) is 19.5. The maximum absolute atomic E-state index is 13.2. The number of nitrogens with one attached hydrogen (secondary N) is 2. The maximum Gasteiger partial charge on any atom is 0.257 e. The highest BCUT2D eigenvalue weighted by molar-refractivity contribution is 7.89. The van der Waals surface area contributed by atoms with E-state index in [9.17, 15) is 18.0 Å². The number of hydrogen-bond donors (Lipinski definition) is 2. The lowest BCUT2D eigenvalue weighted by Gasteiger charge is -2.34. The van der Waals surface area contributed by atoms with Gasteiger partial charge in [-0.05, 0) is 44.2 Å². The van der Waals surface area contributed by atoms with Crippen molar-refractivity contribution < 1.29 is 22.7 Å². The first-order valence-electron chi connectivity index (χ1n) is 11.0. The number of thiazole rings is 1. The number of morpholine rings is 1. The van der Waals surface area contributed by atoms with E-state index in [0.29, 0.717) is 16.5 Å². The summed E-state index contributed by atoms with van der Waals surface area (Å²) in [4.78, 5) is 28.5. The van der Waals surface area contributed by atoms with Crippen molar-refractivity contribution in [1.82, 2.24) is 9.29 Å². The standard InChI is InChI=1S/C24H26N4O5S2/c1-15-12-28(13-16(2)33-15)35(31,32)21-6-4-5-19(11-21)23(30)27-24-26-22(14-34-24)18-7-9-20(10-8-18)25-17(3)29/h4-11,14-16H,12-13H2,1-3H3,(H,25,29)(H,26,27,30)/t15-,16+.